The van der Waals surface area contributed by atoms with Gasteiger partial charge in [-0.05, 0) is 35.9 Å². The molecule has 0 aliphatic carbocycles. The van der Waals surface area contributed by atoms with Gasteiger partial charge in [0.15, 0.2) is 0 Å². The monoisotopic (exact) mass is 290 g/mol. The summed E-state index contributed by atoms with van der Waals surface area (Å²) < 4.78 is 12.2. The van der Waals surface area contributed by atoms with Gasteiger partial charge < -0.3 is 5.73 Å². The van der Waals surface area contributed by atoms with Gasteiger partial charge in [-0.25, -0.2) is 0 Å². The molecule has 0 bridgehead atoms. The summed E-state index contributed by atoms with van der Waals surface area (Å²) in [4.78, 5) is 0.533. The molecule has 2 aromatic carbocycles. The van der Waals surface area contributed by atoms with E-state index in [0.29, 0.717) is 26.9 Å². The van der Waals surface area contributed by atoms with Crippen molar-refractivity contribution in [1.29, 1.82) is 5.26 Å². The predicted octanol–water partition coefficient (Wildman–Crippen LogP) is 3.10. The van der Waals surface area contributed by atoms with Crippen molar-refractivity contribution in [1.82, 2.24) is 0 Å². The first-order valence-electron chi connectivity index (χ1n) is 5.52. The van der Waals surface area contributed by atoms with E-state index >= 15 is 0 Å². The van der Waals surface area contributed by atoms with E-state index < -0.39 is 10.8 Å². The highest BCUT2D eigenvalue weighted by Gasteiger charge is 2.10. The Kier molecular flexibility index (Phi) is 4.20. The lowest BCUT2D eigenvalue weighted by molar-refractivity contribution is 0.682. The number of hydrogen-bond acceptors (Lipinski definition) is 3. The van der Waals surface area contributed by atoms with E-state index in [1.54, 1.807) is 42.5 Å². The molecule has 0 aliphatic heterocycles. The number of nitriles is 1. The van der Waals surface area contributed by atoms with Gasteiger partial charge in [-0.2, -0.15) is 5.26 Å². The maximum atomic E-state index is 12.2. The Morgan fingerprint density at radius 3 is 2.53 bits per heavy atom. The molecule has 0 spiro atoms. The van der Waals surface area contributed by atoms with Crippen LogP contribution in [-0.2, 0) is 16.6 Å². The van der Waals surface area contributed by atoms with Crippen LogP contribution < -0.4 is 5.73 Å². The topological polar surface area (TPSA) is 66.9 Å². The molecule has 2 N–H and O–H groups in total. The molecule has 0 aliphatic rings. The molecule has 0 radical (unpaired) electrons. The van der Waals surface area contributed by atoms with Crippen LogP contribution in [0, 0.1) is 11.3 Å². The second-order valence-corrected chi connectivity index (χ2v) is 5.82. The summed E-state index contributed by atoms with van der Waals surface area (Å²) in [6.07, 6.45) is 0. The van der Waals surface area contributed by atoms with E-state index in [1.165, 1.54) is 0 Å². The van der Waals surface area contributed by atoms with Gasteiger partial charge in [-0.3, -0.25) is 4.21 Å². The van der Waals surface area contributed by atoms with Crippen LogP contribution in [0.3, 0.4) is 0 Å². The molecule has 0 heterocycles. The highest BCUT2D eigenvalue weighted by atomic mass is 35.5. The van der Waals surface area contributed by atoms with Gasteiger partial charge in [0, 0.05) is 5.69 Å². The largest absolute Gasteiger partial charge is 0.399 e. The van der Waals surface area contributed by atoms with E-state index in [0.717, 1.165) is 5.56 Å². The normalized spacial score (nSPS) is 11.8. The zero-order chi connectivity index (χ0) is 13.8. The molecule has 3 nitrogen and oxygen atoms in total. The third-order valence-electron chi connectivity index (χ3n) is 2.58. The lowest BCUT2D eigenvalue weighted by Crippen LogP contribution is -1.99. The minimum absolute atomic E-state index is 0.342. The molecule has 0 amide bonds. The van der Waals surface area contributed by atoms with Gasteiger partial charge in [0.1, 0.15) is 0 Å². The number of anilines is 1. The molecule has 2 rings (SSSR count). The van der Waals surface area contributed by atoms with Crippen molar-refractivity contribution in [3.8, 4) is 6.07 Å². The van der Waals surface area contributed by atoms with Crippen LogP contribution in [0.5, 0.6) is 0 Å². The standard InChI is InChI=1S/C14H11ClN2OS/c15-13-6-5-12(17)7-14(13)19(18)9-11-3-1-10(8-16)2-4-11/h1-7H,9,17H2. The van der Waals surface area contributed by atoms with Gasteiger partial charge in [0.2, 0.25) is 0 Å². The molecule has 1 atom stereocenters. The second-order valence-electron chi connectivity index (χ2n) is 3.99. The predicted molar refractivity (Wildman–Crippen MR) is 77.1 cm³/mol. The van der Waals surface area contributed by atoms with Gasteiger partial charge >= 0.3 is 0 Å². The summed E-state index contributed by atoms with van der Waals surface area (Å²) in [5.74, 6) is 0.342. The van der Waals surface area contributed by atoms with Crippen LogP contribution in [0.1, 0.15) is 11.1 Å². The average Bonchev–Trinajstić information content (AvgIpc) is 2.42. The lowest BCUT2D eigenvalue weighted by atomic mass is 10.2. The van der Waals surface area contributed by atoms with Crippen molar-refractivity contribution in [3.63, 3.8) is 0 Å². The van der Waals surface area contributed by atoms with Crippen molar-refractivity contribution in [2.75, 3.05) is 5.73 Å². The highest BCUT2D eigenvalue weighted by Crippen LogP contribution is 2.24. The van der Waals surface area contributed by atoms with E-state index in [-0.39, 0.29) is 0 Å². The van der Waals surface area contributed by atoms with Crippen molar-refractivity contribution in [2.45, 2.75) is 10.6 Å². The van der Waals surface area contributed by atoms with Gasteiger partial charge in [-0.1, -0.05) is 23.7 Å². The molecule has 1 unspecified atom stereocenters. The SMILES string of the molecule is N#Cc1ccc(CS(=O)c2cc(N)ccc2Cl)cc1. The summed E-state index contributed by atoms with van der Waals surface area (Å²) in [5.41, 5.74) is 7.67. The fourth-order valence-electron chi connectivity index (χ4n) is 1.60. The quantitative estimate of drug-likeness (QED) is 0.883. The molecular weight excluding hydrogens is 280 g/mol. The lowest BCUT2D eigenvalue weighted by Gasteiger charge is -2.06. The first-order chi connectivity index (χ1) is 9.10. The number of hydrogen-bond donors (Lipinski definition) is 1. The Balaban J connectivity index is 2.21. The van der Waals surface area contributed by atoms with E-state index in [2.05, 4.69) is 0 Å². The summed E-state index contributed by atoms with van der Waals surface area (Å²) >= 11 is 6.01. The van der Waals surface area contributed by atoms with Crippen molar-refractivity contribution < 1.29 is 4.21 Å². The molecule has 0 saturated heterocycles. The first kappa shape index (κ1) is 13.6. The Labute approximate surface area is 119 Å². The fraction of sp³-hybridized carbons (Fsp3) is 0.0714. The number of nitrogens with two attached hydrogens (primary N) is 1. The van der Waals surface area contributed by atoms with Gasteiger partial charge in [0.05, 0.1) is 38.1 Å². The second kappa shape index (κ2) is 5.87. The molecule has 2 aromatic rings. The molecule has 0 fully saturated rings. The molecule has 96 valence electrons. The number of nitrogen functional groups attached to an aromatic ring is 1. The molecule has 0 saturated carbocycles. The van der Waals surface area contributed by atoms with E-state index in [1.807, 2.05) is 6.07 Å². The Bertz CT molecular complexity index is 662. The molecule has 5 heteroatoms. The van der Waals surface area contributed by atoms with Crippen LogP contribution in [0.2, 0.25) is 5.02 Å². The molecule has 0 aromatic heterocycles. The Hall–Kier alpha value is -1.83. The third-order valence-corrected chi connectivity index (χ3v) is 4.45. The maximum absolute atomic E-state index is 12.2. The first-order valence-corrected chi connectivity index (χ1v) is 7.22. The van der Waals surface area contributed by atoms with Crippen molar-refractivity contribution in [2.24, 2.45) is 0 Å². The van der Waals surface area contributed by atoms with E-state index in [9.17, 15) is 4.21 Å². The summed E-state index contributed by atoms with van der Waals surface area (Å²) in [6, 6.07) is 14.0. The zero-order valence-corrected chi connectivity index (χ0v) is 11.5. The number of nitrogens with zero attached hydrogens (tertiary/aromatic N) is 1. The zero-order valence-electron chi connectivity index (χ0n) is 9.97. The van der Waals surface area contributed by atoms with Crippen molar-refractivity contribution >= 4 is 28.1 Å². The van der Waals surface area contributed by atoms with Gasteiger partial charge in [0.25, 0.3) is 0 Å². The smallest absolute Gasteiger partial charge is 0.0991 e. The maximum Gasteiger partial charge on any atom is 0.0991 e. The van der Waals surface area contributed by atoms with E-state index in [4.69, 9.17) is 22.6 Å². The van der Waals surface area contributed by atoms with Crippen LogP contribution in [0.15, 0.2) is 47.4 Å². The Morgan fingerprint density at radius 1 is 1.21 bits per heavy atom. The summed E-state index contributed by atoms with van der Waals surface area (Å²) in [7, 11) is -1.26. The summed E-state index contributed by atoms with van der Waals surface area (Å²) in [5, 5.41) is 9.16. The number of halogens is 1. The minimum atomic E-state index is -1.26. The van der Waals surface area contributed by atoms with Crippen molar-refractivity contribution in [3.05, 3.63) is 58.6 Å². The average molecular weight is 291 g/mol. The fourth-order valence-corrected chi connectivity index (χ4v) is 3.18. The number of rotatable bonds is 3. The molecule has 19 heavy (non-hydrogen) atoms. The minimum Gasteiger partial charge on any atom is -0.399 e. The third kappa shape index (κ3) is 3.34. The molecular formula is C14H11ClN2OS. The Morgan fingerprint density at radius 2 is 1.89 bits per heavy atom. The van der Waals surface area contributed by atoms with Gasteiger partial charge in [-0.15, -0.1) is 0 Å². The summed E-state index contributed by atoms with van der Waals surface area (Å²) in [6.45, 7) is 0. The highest BCUT2D eigenvalue weighted by molar-refractivity contribution is 7.84. The van der Waals surface area contributed by atoms with Crippen LogP contribution >= 0.6 is 11.6 Å². The van der Waals surface area contributed by atoms with Crippen LogP contribution in [0.4, 0.5) is 5.69 Å². The number of benzene rings is 2. The van der Waals surface area contributed by atoms with Crippen LogP contribution in [0.25, 0.3) is 0 Å². The van der Waals surface area contributed by atoms with Crippen LogP contribution in [-0.4, -0.2) is 4.21 Å².